The van der Waals surface area contributed by atoms with Crippen LogP contribution in [0.5, 0.6) is 5.75 Å². The molecular weight excluding hydrogens is 385 g/mol. The molecule has 3 N–H and O–H groups in total. The molecule has 132 valence electrons. The highest BCUT2D eigenvalue weighted by Crippen LogP contribution is 2.40. The van der Waals surface area contributed by atoms with Crippen molar-refractivity contribution in [3.05, 3.63) is 69.8 Å². The summed E-state index contributed by atoms with van der Waals surface area (Å²) < 4.78 is 1.69. The summed E-state index contributed by atoms with van der Waals surface area (Å²) in [5, 5.41) is 14.5. The van der Waals surface area contributed by atoms with Crippen molar-refractivity contribution in [2.45, 2.75) is 0 Å². The quantitative estimate of drug-likeness (QED) is 0.438. The van der Waals surface area contributed by atoms with Gasteiger partial charge in [0.25, 0.3) is 0 Å². The fraction of sp³-hybridized carbons (Fsp3) is 0. The molecule has 0 saturated heterocycles. The van der Waals surface area contributed by atoms with Gasteiger partial charge in [-0.3, -0.25) is 0 Å². The number of para-hydroxylation sites is 1. The Balaban J connectivity index is 1.91. The molecule has 4 aromatic rings. The number of phenols is 1. The minimum absolute atomic E-state index is 0.155. The number of aromatic hydroxyl groups is 1. The van der Waals surface area contributed by atoms with Crippen LogP contribution in [-0.2, 0) is 0 Å². The summed E-state index contributed by atoms with van der Waals surface area (Å²) in [6.07, 6.45) is 1.80. The lowest BCUT2D eigenvalue weighted by atomic mass is 10.0. The van der Waals surface area contributed by atoms with Crippen LogP contribution >= 0.6 is 23.2 Å². The van der Waals surface area contributed by atoms with Gasteiger partial charge in [-0.25, -0.2) is 14.5 Å². The molecule has 0 bridgehead atoms. The van der Waals surface area contributed by atoms with Gasteiger partial charge in [-0.05, 0) is 24.3 Å². The number of benzene rings is 2. The van der Waals surface area contributed by atoms with Crippen molar-refractivity contribution in [1.29, 1.82) is 0 Å². The summed E-state index contributed by atoms with van der Waals surface area (Å²) in [4.78, 5) is 9.32. The van der Waals surface area contributed by atoms with E-state index in [0.717, 1.165) is 22.3 Å². The first-order valence-corrected chi connectivity index (χ1v) is 8.80. The number of aromatic nitrogens is 3. The van der Waals surface area contributed by atoms with Crippen LogP contribution in [0, 0.1) is 0 Å². The standard InChI is InChI=1S/C19H11Cl2N5O/c20-12-7-9(8-13(21)18(12)27)15-11-5-6-26-17(11)16(24-19(22)25-26)10-3-1-2-4-14(10)23-15/h1-8,27H,(H2,22,25). The lowest BCUT2D eigenvalue weighted by Crippen LogP contribution is -2.06. The smallest absolute Gasteiger partial charge is 0.238 e. The summed E-state index contributed by atoms with van der Waals surface area (Å²) in [7, 11) is 0. The van der Waals surface area contributed by atoms with Gasteiger partial charge in [0.2, 0.25) is 5.95 Å². The second-order valence-electron chi connectivity index (χ2n) is 6.11. The van der Waals surface area contributed by atoms with E-state index in [1.54, 1.807) is 22.8 Å². The van der Waals surface area contributed by atoms with E-state index < -0.39 is 0 Å². The Bertz CT molecular complexity index is 1260. The number of halogens is 2. The molecule has 0 aliphatic carbocycles. The third-order valence-corrected chi connectivity index (χ3v) is 5.04. The number of hydrogen-bond donors (Lipinski definition) is 2. The molecule has 0 spiro atoms. The van der Waals surface area contributed by atoms with E-state index in [2.05, 4.69) is 10.1 Å². The maximum Gasteiger partial charge on any atom is 0.238 e. The minimum Gasteiger partial charge on any atom is -0.505 e. The van der Waals surface area contributed by atoms with Crippen molar-refractivity contribution in [3.63, 3.8) is 0 Å². The Morgan fingerprint density at radius 1 is 1.00 bits per heavy atom. The van der Waals surface area contributed by atoms with E-state index >= 15 is 0 Å². The van der Waals surface area contributed by atoms with Crippen LogP contribution in [0.15, 0.2) is 53.7 Å². The minimum atomic E-state index is -0.157. The van der Waals surface area contributed by atoms with Crippen molar-refractivity contribution in [2.24, 2.45) is 4.99 Å². The molecule has 2 aromatic heterocycles. The van der Waals surface area contributed by atoms with Gasteiger partial charge in [-0.15, -0.1) is 5.10 Å². The van der Waals surface area contributed by atoms with E-state index in [9.17, 15) is 5.11 Å². The van der Waals surface area contributed by atoms with Crippen LogP contribution in [0.25, 0.3) is 16.8 Å². The summed E-state index contributed by atoms with van der Waals surface area (Å²) in [5.41, 5.74) is 11.1. The van der Waals surface area contributed by atoms with Crippen LogP contribution in [-0.4, -0.2) is 25.4 Å². The maximum absolute atomic E-state index is 9.90. The predicted molar refractivity (Wildman–Crippen MR) is 106 cm³/mol. The van der Waals surface area contributed by atoms with E-state index in [1.165, 1.54) is 0 Å². The SMILES string of the molecule is Nc1nc2c3c(ccn3n1)C(c1cc(Cl)c(O)c(Cl)c1)=Nc1ccccc1-2. The zero-order valence-electron chi connectivity index (χ0n) is 13.7. The molecule has 5 rings (SSSR count). The van der Waals surface area contributed by atoms with Gasteiger partial charge in [0.1, 0.15) is 11.2 Å². The zero-order valence-corrected chi connectivity index (χ0v) is 15.2. The van der Waals surface area contributed by atoms with E-state index in [4.69, 9.17) is 33.9 Å². The normalized spacial score (nSPS) is 12.6. The van der Waals surface area contributed by atoms with E-state index in [0.29, 0.717) is 17.0 Å². The number of nitrogens with two attached hydrogens (primary N) is 1. The van der Waals surface area contributed by atoms with Gasteiger partial charge in [-0.1, -0.05) is 41.4 Å². The molecule has 0 atom stereocenters. The molecule has 0 saturated carbocycles. The van der Waals surface area contributed by atoms with E-state index in [-0.39, 0.29) is 21.7 Å². The van der Waals surface area contributed by atoms with E-state index in [1.807, 2.05) is 30.3 Å². The summed E-state index contributed by atoms with van der Waals surface area (Å²) >= 11 is 12.3. The molecule has 0 fully saturated rings. The highest BCUT2D eigenvalue weighted by molar-refractivity contribution is 6.38. The number of aliphatic imine (C=N–C) groups is 1. The molecule has 6 nitrogen and oxygen atoms in total. The number of anilines is 1. The third kappa shape index (κ3) is 2.38. The van der Waals surface area contributed by atoms with Crippen LogP contribution in [0.2, 0.25) is 10.0 Å². The summed E-state index contributed by atoms with van der Waals surface area (Å²) in [5.74, 6) is 0.0175. The number of fused-ring (bicyclic) bond motifs is 2. The molecule has 1 aliphatic rings. The zero-order chi connectivity index (χ0) is 18.7. The predicted octanol–water partition coefficient (Wildman–Crippen LogP) is 4.47. The van der Waals surface area contributed by atoms with Gasteiger partial charge >= 0.3 is 0 Å². The molecule has 8 heteroatoms. The average molecular weight is 396 g/mol. The molecule has 27 heavy (non-hydrogen) atoms. The molecule has 2 aromatic carbocycles. The van der Waals surface area contributed by atoms with Crippen molar-refractivity contribution in [1.82, 2.24) is 14.6 Å². The molecular formula is C19H11Cl2N5O. The highest BCUT2D eigenvalue weighted by Gasteiger charge is 2.24. The number of nitrogens with zero attached hydrogens (tertiary/aromatic N) is 4. The van der Waals surface area contributed by atoms with Crippen LogP contribution < -0.4 is 5.73 Å². The first-order chi connectivity index (χ1) is 13.0. The highest BCUT2D eigenvalue weighted by atomic mass is 35.5. The lowest BCUT2D eigenvalue weighted by molar-refractivity contribution is 0.476. The Labute approximate surface area is 163 Å². The third-order valence-electron chi connectivity index (χ3n) is 4.46. The first-order valence-electron chi connectivity index (χ1n) is 8.04. The number of rotatable bonds is 1. The molecule has 0 unspecified atom stereocenters. The van der Waals surface area contributed by atoms with Gasteiger partial charge in [0, 0.05) is 22.9 Å². The Hall–Kier alpha value is -3.09. The fourth-order valence-electron chi connectivity index (χ4n) is 3.29. The van der Waals surface area contributed by atoms with Gasteiger partial charge in [0.15, 0.2) is 5.75 Å². The van der Waals surface area contributed by atoms with Crippen molar-refractivity contribution in [2.75, 3.05) is 5.73 Å². The van der Waals surface area contributed by atoms with Crippen molar-refractivity contribution < 1.29 is 5.11 Å². The number of phenolic OH excluding ortho intramolecular Hbond substituents is 1. The maximum atomic E-state index is 9.90. The van der Waals surface area contributed by atoms with Crippen LogP contribution in [0.3, 0.4) is 0 Å². The first kappa shape index (κ1) is 16.1. The molecule has 0 radical (unpaired) electrons. The molecule has 3 heterocycles. The number of nitrogen functional groups attached to an aromatic ring is 1. The Morgan fingerprint density at radius 2 is 1.74 bits per heavy atom. The summed E-state index contributed by atoms with van der Waals surface area (Å²) in [6, 6.07) is 12.8. The lowest BCUT2D eigenvalue weighted by Gasteiger charge is -2.08. The van der Waals surface area contributed by atoms with Crippen molar-refractivity contribution >= 4 is 46.1 Å². The topological polar surface area (TPSA) is 88.8 Å². The Morgan fingerprint density at radius 3 is 2.52 bits per heavy atom. The van der Waals surface area contributed by atoms with Crippen LogP contribution in [0.1, 0.15) is 11.1 Å². The van der Waals surface area contributed by atoms with Gasteiger partial charge in [-0.2, -0.15) is 0 Å². The average Bonchev–Trinajstić information content (AvgIpc) is 3.00. The van der Waals surface area contributed by atoms with Gasteiger partial charge < -0.3 is 10.8 Å². The molecule has 0 amide bonds. The fourth-order valence-corrected chi connectivity index (χ4v) is 3.78. The second kappa shape index (κ2) is 5.70. The molecule has 1 aliphatic heterocycles. The Kier molecular flexibility index (Phi) is 3.40. The second-order valence-corrected chi connectivity index (χ2v) is 6.92. The number of hydrogen-bond acceptors (Lipinski definition) is 5. The largest absolute Gasteiger partial charge is 0.505 e. The summed E-state index contributed by atoms with van der Waals surface area (Å²) in [6.45, 7) is 0. The van der Waals surface area contributed by atoms with Crippen molar-refractivity contribution in [3.8, 4) is 17.0 Å². The monoisotopic (exact) mass is 395 g/mol. The van der Waals surface area contributed by atoms with Gasteiger partial charge in [0.05, 0.1) is 21.4 Å². The van der Waals surface area contributed by atoms with Crippen LogP contribution in [0.4, 0.5) is 11.6 Å².